The van der Waals surface area contributed by atoms with Gasteiger partial charge in [0.05, 0.1) is 24.8 Å². The highest BCUT2D eigenvalue weighted by Gasteiger charge is 2.39. The van der Waals surface area contributed by atoms with Gasteiger partial charge in [-0.3, -0.25) is 4.79 Å². The first-order valence-corrected chi connectivity index (χ1v) is 5.59. The van der Waals surface area contributed by atoms with Crippen LogP contribution in [0.15, 0.2) is 18.2 Å². The quantitative estimate of drug-likeness (QED) is 0.733. The Kier molecular flexibility index (Phi) is 3.38. The van der Waals surface area contributed by atoms with E-state index in [-0.39, 0.29) is 12.1 Å². The van der Waals surface area contributed by atoms with Crippen LogP contribution in [-0.2, 0) is 4.79 Å². The first-order valence-electron chi connectivity index (χ1n) is 5.59. The second-order valence-electron chi connectivity index (χ2n) is 4.43. The highest BCUT2D eigenvalue weighted by atomic mass is 19.1. The van der Waals surface area contributed by atoms with Crippen LogP contribution in [0.5, 0.6) is 5.75 Å². The Morgan fingerprint density at radius 2 is 2.33 bits per heavy atom. The van der Waals surface area contributed by atoms with Crippen LogP contribution in [0.25, 0.3) is 0 Å². The number of benzene rings is 1. The normalized spacial score (nSPS) is 16.8. The lowest BCUT2D eigenvalue weighted by Crippen LogP contribution is -2.65. The molecule has 1 aromatic rings. The van der Waals surface area contributed by atoms with Crippen molar-refractivity contribution in [3.8, 4) is 5.75 Å². The van der Waals surface area contributed by atoms with Crippen molar-refractivity contribution in [2.75, 3.05) is 25.5 Å². The molecule has 0 aliphatic carbocycles. The minimum Gasteiger partial charge on any atom is -0.497 e. The zero-order valence-electron chi connectivity index (χ0n) is 10.00. The maximum Gasteiger partial charge on any atom is 0.305 e. The molecule has 0 aromatic heterocycles. The third kappa shape index (κ3) is 2.53. The summed E-state index contributed by atoms with van der Waals surface area (Å²) >= 11 is 0. The van der Waals surface area contributed by atoms with Crippen LogP contribution < -0.4 is 15.4 Å². The van der Waals surface area contributed by atoms with E-state index in [9.17, 15) is 9.18 Å². The number of ether oxygens (including phenoxy) is 1. The summed E-state index contributed by atoms with van der Waals surface area (Å²) in [5.41, 5.74) is -0.365. The highest BCUT2D eigenvalue weighted by molar-refractivity contribution is 5.70. The number of carboxylic acids is 1. The van der Waals surface area contributed by atoms with Crippen molar-refractivity contribution in [2.24, 2.45) is 0 Å². The molecular formula is C12H15FN2O3. The number of carbonyl (C=O) groups is 1. The van der Waals surface area contributed by atoms with Crippen LogP contribution in [0.2, 0.25) is 0 Å². The minimum absolute atomic E-state index is 0.0589. The first kappa shape index (κ1) is 12.6. The third-order valence-electron chi connectivity index (χ3n) is 2.99. The Bertz CT molecular complexity index is 461. The second-order valence-corrected chi connectivity index (χ2v) is 4.43. The van der Waals surface area contributed by atoms with Gasteiger partial charge in [-0.25, -0.2) is 4.39 Å². The number of nitrogens with one attached hydrogen (secondary N) is 2. The van der Waals surface area contributed by atoms with Crippen LogP contribution >= 0.6 is 0 Å². The van der Waals surface area contributed by atoms with Gasteiger partial charge in [-0.2, -0.15) is 0 Å². The second kappa shape index (κ2) is 4.81. The van der Waals surface area contributed by atoms with Crippen molar-refractivity contribution in [2.45, 2.75) is 12.0 Å². The average molecular weight is 254 g/mol. The zero-order chi connectivity index (χ0) is 13.2. The molecule has 1 heterocycles. The van der Waals surface area contributed by atoms with Crippen LogP contribution in [0, 0.1) is 5.82 Å². The number of carboxylic acid groups (broad SMARTS) is 1. The molecule has 0 amide bonds. The van der Waals surface area contributed by atoms with E-state index in [2.05, 4.69) is 10.6 Å². The van der Waals surface area contributed by atoms with E-state index < -0.39 is 17.3 Å². The Morgan fingerprint density at radius 3 is 2.83 bits per heavy atom. The van der Waals surface area contributed by atoms with E-state index in [0.29, 0.717) is 18.8 Å². The largest absolute Gasteiger partial charge is 0.497 e. The molecule has 18 heavy (non-hydrogen) atoms. The molecule has 0 unspecified atom stereocenters. The predicted molar refractivity (Wildman–Crippen MR) is 64.4 cm³/mol. The summed E-state index contributed by atoms with van der Waals surface area (Å²) in [5.74, 6) is -0.809. The number of methoxy groups -OCH3 is 1. The molecule has 1 saturated heterocycles. The fourth-order valence-corrected chi connectivity index (χ4v) is 1.99. The van der Waals surface area contributed by atoms with E-state index in [1.807, 2.05) is 0 Å². The summed E-state index contributed by atoms with van der Waals surface area (Å²) in [5, 5.41) is 14.8. The molecule has 0 atom stereocenters. The number of halogens is 1. The SMILES string of the molecule is COc1ccc(F)c(NC2(CC(=O)O)CNC2)c1. The summed E-state index contributed by atoms with van der Waals surface area (Å²) in [6.07, 6.45) is -0.0589. The summed E-state index contributed by atoms with van der Waals surface area (Å²) in [7, 11) is 1.49. The molecule has 1 aromatic carbocycles. The fraction of sp³-hybridized carbons (Fsp3) is 0.417. The van der Waals surface area contributed by atoms with Gasteiger partial charge in [0.1, 0.15) is 11.6 Å². The van der Waals surface area contributed by atoms with E-state index in [1.165, 1.54) is 25.3 Å². The topological polar surface area (TPSA) is 70.6 Å². The Labute approximate surface area is 104 Å². The predicted octanol–water partition coefficient (Wildman–Crippen LogP) is 1.06. The lowest BCUT2D eigenvalue weighted by molar-refractivity contribution is -0.138. The monoisotopic (exact) mass is 254 g/mol. The summed E-state index contributed by atoms with van der Waals surface area (Å²) < 4.78 is 18.7. The lowest BCUT2D eigenvalue weighted by atomic mass is 9.88. The van der Waals surface area contributed by atoms with Gasteiger partial charge in [0.15, 0.2) is 0 Å². The molecule has 1 aliphatic heterocycles. The van der Waals surface area contributed by atoms with Crippen molar-refractivity contribution in [1.29, 1.82) is 0 Å². The van der Waals surface area contributed by atoms with Gasteiger partial charge in [-0.15, -0.1) is 0 Å². The molecule has 0 bridgehead atoms. The lowest BCUT2D eigenvalue weighted by Gasteiger charge is -2.43. The molecule has 3 N–H and O–H groups in total. The van der Waals surface area contributed by atoms with Gasteiger partial charge in [0.25, 0.3) is 0 Å². The highest BCUT2D eigenvalue weighted by Crippen LogP contribution is 2.27. The molecule has 6 heteroatoms. The Morgan fingerprint density at radius 1 is 1.61 bits per heavy atom. The van der Waals surface area contributed by atoms with Gasteiger partial charge >= 0.3 is 5.97 Å². The Balaban J connectivity index is 2.19. The average Bonchev–Trinajstić information content (AvgIpc) is 2.28. The minimum atomic E-state index is -0.910. The van der Waals surface area contributed by atoms with Crippen LogP contribution in [0.1, 0.15) is 6.42 Å². The van der Waals surface area contributed by atoms with Crippen LogP contribution in [-0.4, -0.2) is 36.8 Å². The standard InChI is InChI=1S/C12H15FN2O3/c1-18-8-2-3-9(13)10(4-8)15-12(5-11(16)17)6-14-7-12/h2-4,14-15H,5-7H2,1H3,(H,16,17). The van der Waals surface area contributed by atoms with E-state index in [1.54, 1.807) is 0 Å². The molecule has 2 rings (SSSR count). The zero-order valence-corrected chi connectivity index (χ0v) is 10.00. The van der Waals surface area contributed by atoms with Gasteiger partial charge in [0.2, 0.25) is 0 Å². The van der Waals surface area contributed by atoms with E-state index >= 15 is 0 Å². The smallest absolute Gasteiger partial charge is 0.305 e. The summed E-state index contributed by atoms with van der Waals surface area (Å²) in [4.78, 5) is 10.8. The number of hydrogen-bond acceptors (Lipinski definition) is 4. The number of hydrogen-bond donors (Lipinski definition) is 3. The molecule has 0 radical (unpaired) electrons. The molecule has 5 nitrogen and oxygen atoms in total. The van der Waals surface area contributed by atoms with Crippen molar-refractivity contribution >= 4 is 11.7 Å². The van der Waals surface area contributed by atoms with Gasteiger partial charge < -0.3 is 20.5 Å². The van der Waals surface area contributed by atoms with Crippen LogP contribution in [0.3, 0.4) is 0 Å². The van der Waals surface area contributed by atoms with Crippen molar-refractivity contribution in [1.82, 2.24) is 5.32 Å². The molecule has 0 spiro atoms. The maximum atomic E-state index is 13.6. The third-order valence-corrected chi connectivity index (χ3v) is 2.99. The number of anilines is 1. The van der Waals surface area contributed by atoms with Crippen molar-refractivity contribution < 1.29 is 19.0 Å². The van der Waals surface area contributed by atoms with E-state index in [0.717, 1.165) is 0 Å². The Hall–Kier alpha value is -1.82. The molecule has 0 saturated carbocycles. The summed E-state index contributed by atoms with van der Waals surface area (Å²) in [6, 6.07) is 4.34. The number of aliphatic carboxylic acids is 1. The number of rotatable bonds is 5. The van der Waals surface area contributed by atoms with Crippen molar-refractivity contribution in [3.05, 3.63) is 24.0 Å². The first-order chi connectivity index (χ1) is 8.54. The summed E-state index contributed by atoms with van der Waals surface area (Å²) in [6.45, 7) is 0.992. The van der Waals surface area contributed by atoms with E-state index in [4.69, 9.17) is 9.84 Å². The van der Waals surface area contributed by atoms with Crippen molar-refractivity contribution in [3.63, 3.8) is 0 Å². The molecular weight excluding hydrogens is 239 g/mol. The van der Waals surface area contributed by atoms with Gasteiger partial charge in [-0.05, 0) is 12.1 Å². The molecule has 1 aliphatic rings. The van der Waals surface area contributed by atoms with Gasteiger partial charge in [0, 0.05) is 19.2 Å². The van der Waals surface area contributed by atoms with Crippen LogP contribution in [0.4, 0.5) is 10.1 Å². The molecule has 98 valence electrons. The maximum absolute atomic E-state index is 13.6. The fourth-order valence-electron chi connectivity index (χ4n) is 1.99. The molecule has 1 fully saturated rings. The van der Waals surface area contributed by atoms with Gasteiger partial charge in [-0.1, -0.05) is 0 Å².